The van der Waals surface area contributed by atoms with Gasteiger partial charge in [-0.2, -0.15) is 0 Å². The standard InChI is InChI=1S/C20H22ClFN2O3/c1-24(13-6-14-27-18-10-5-3-8-16(18)21)19(25)11-12-23-20(26)15-7-2-4-9-17(15)22/h2-5,7-10H,6,11-14H2,1H3,(H,23,26). The van der Waals surface area contributed by atoms with Gasteiger partial charge in [0.1, 0.15) is 11.6 Å². The molecule has 0 unspecified atom stereocenters. The van der Waals surface area contributed by atoms with Crippen LogP contribution < -0.4 is 10.1 Å². The van der Waals surface area contributed by atoms with Crippen molar-refractivity contribution in [1.29, 1.82) is 0 Å². The summed E-state index contributed by atoms with van der Waals surface area (Å²) >= 11 is 6.01. The van der Waals surface area contributed by atoms with Gasteiger partial charge in [-0.3, -0.25) is 9.59 Å². The van der Waals surface area contributed by atoms with Crippen molar-refractivity contribution in [1.82, 2.24) is 10.2 Å². The first kappa shape index (κ1) is 20.7. The zero-order valence-electron chi connectivity index (χ0n) is 15.1. The molecule has 0 spiro atoms. The van der Waals surface area contributed by atoms with Gasteiger partial charge in [-0.05, 0) is 30.7 Å². The normalized spacial score (nSPS) is 10.3. The molecule has 0 aliphatic heterocycles. The van der Waals surface area contributed by atoms with Crippen molar-refractivity contribution in [3.05, 3.63) is 64.9 Å². The van der Waals surface area contributed by atoms with E-state index in [9.17, 15) is 14.0 Å². The molecule has 0 saturated heterocycles. The predicted octanol–water partition coefficient (Wildman–Crippen LogP) is 3.53. The van der Waals surface area contributed by atoms with Gasteiger partial charge in [-0.1, -0.05) is 35.9 Å². The molecule has 144 valence electrons. The second-order valence-corrected chi connectivity index (χ2v) is 6.34. The Hall–Kier alpha value is -2.60. The molecule has 2 amide bonds. The highest BCUT2D eigenvalue weighted by Crippen LogP contribution is 2.23. The molecule has 0 aliphatic rings. The summed E-state index contributed by atoms with van der Waals surface area (Å²) in [4.78, 5) is 25.5. The second-order valence-electron chi connectivity index (χ2n) is 5.93. The van der Waals surface area contributed by atoms with E-state index in [1.54, 1.807) is 30.1 Å². The molecule has 0 heterocycles. The van der Waals surface area contributed by atoms with Crippen molar-refractivity contribution in [2.45, 2.75) is 12.8 Å². The molecule has 27 heavy (non-hydrogen) atoms. The smallest absolute Gasteiger partial charge is 0.254 e. The van der Waals surface area contributed by atoms with Crippen LogP contribution in [0.1, 0.15) is 23.2 Å². The van der Waals surface area contributed by atoms with Crippen LogP contribution in [-0.2, 0) is 4.79 Å². The van der Waals surface area contributed by atoms with Crippen molar-refractivity contribution < 1.29 is 18.7 Å². The summed E-state index contributed by atoms with van der Waals surface area (Å²) in [6, 6.07) is 12.9. The first-order valence-electron chi connectivity index (χ1n) is 8.63. The number of halogens is 2. The number of rotatable bonds is 9. The lowest BCUT2D eigenvalue weighted by molar-refractivity contribution is -0.129. The van der Waals surface area contributed by atoms with E-state index < -0.39 is 11.7 Å². The number of para-hydroxylation sites is 1. The Morgan fingerprint density at radius 2 is 1.85 bits per heavy atom. The fourth-order valence-electron chi connectivity index (χ4n) is 2.38. The Morgan fingerprint density at radius 1 is 1.15 bits per heavy atom. The number of nitrogens with zero attached hydrogens (tertiary/aromatic N) is 1. The molecular formula is C20H22ClFN2O3. The molecule has 2 aromatic rings. The minimum absolute atomic E-state index is 0.0324. The van der Waals surface area contributed by atoms with Crippen LogP contribution in [0.4, 0.5) is 4.39 Å². The van der Waals surface area contributed by atoms with Crippen molar-refractivity contribution in [2.24, 2.45) is 0 Å². The van der Waals surface area contributed by atoms with Crippen LogP contribution in [-0.4, -0.2) is 43.5 Å². The molecule has 0 radical (unpaired) electrons. The maximum absolute atomic E-state index is 13.5. The number of hydrogen-bond acceptors (Lipinski definition) is 3. The van der Waals surface area contributed by atoms with E-state index in [-0.39, 0.29) is 24.4 Å². The molecule has 7 heteroatoms. The topological polar surface area (TPSA) is 58.6 Å². The number of carbonyl (C=O) groups is 2. The van der Waals surface area contributed by atoms with Crippen LogP contribution in [0.5, 0.6) is 5.75 Å². The monoisotopic (exact) mass is 392 g/mol. The molecule has 0 fully saturated rings. The summed E-state index contributed by atoms with van der Waals surface area (Å²) in [5.41, 5.74) is -0.0324. The second kappa shape index (κ2) is 10.5. The van der Waals surface area contributed by atoms with Gasteiger partial charge < -0.3 is 15.0 Å². The average Bonchev–Trinajstić information content (AvgIpc) is 2.66. The molecular weight excluding hydrogens is 371 g/mol. The minimum atomic E-state index is -0.586. The number of benzene rings is 2. The van der Waals surface area contributed by atoms with Gasteiger partial charge in [0.25, 0.3) is 5.91 Å². The fourth-order valence-corrected chi connectivity index (χ4v) is 2.58. The van der Waals surface area contributed by atoms with Gasteiger partial charge in [-0.25, -0.2) is 4.39 Å². The zero-order valence-corrected chi connectivity index (χ0v) is 15.8. The molecule has 0 aliphatic carbocycles. The summed E-state index contributed by atoms with van der Waals surface area (Å²) in [6.45, 7) is 1.10. The van der Waals surface area contributed by atoms with Crippen molar-refractivity contribution in [2.75, 3.05) is 26.7 Å². The fraction of sp³-hybridized carbons (Fsp3) is 0.300. The first-order chi connectivity index (χ1) is 13.0. The highest BCUT2D eigenvalue weighted by molar-refractivity contribution is 6.32. The number of ether oxygens (including phenoxy) is 1. The van der Waals surface area contributed by atoms with E-state index in [4.69, 9.17) is 16.3 Å². The summed E-state index contributed by atoms with van der Waals surface area (Å²) in [6.07, 6.45) is 0.789. The summed E-state index contributed by atoms with van der Waals surface area (Å²) in [7, 11) is 1.69. The van der Waals surface area contributed by atoms with Crippen LogP contribution in [0.25, 0.3) is 0 Å². The molecule has 0 bridgehead atoms. The van der Waals surface area contributed by atoms with Gasteiger partial charge in [0.2, 0.25) is 5.91 Å². The van der Waals surface area contributed by atoms with Crippen LogP contribution in [0.2, 0.25) is 5.02 Å². The van der Waals surface area contributed by atoms with E-state index in [1.807, 2.05) is 12.1 Å². The van der Waals surface area contributed by atoms with E-state index >= 15 is 0 Å². The number of carbonyl (C=O) groups excluding carboxylic acids is 2. The van der Waals surface area contributed by atoms with Crippen molar-refractivity contribution in [3.8, 4) is 5.75 Å². The van der Waals surface area contributed by atoms with E-state index in [1.165, 1.54) is 18.2 Å². The lowest BCUT2D eigenvalue weighted by Crippen LogP contribution is -2.33. The van der Waals surface area contributed by atoms with Gasteiger partial charge in [-0.15, -0.1) is 0 Å². The Bertz CT molecular complexity index is 785. The van der Waals surface area contributed by atoms with Crippen LogP contribution >= 0.6 is 11.6 Å². The Balaban J connectivity index is 1.64. The third-order valence-electron chi connectivity index (χ3n) is 3.90. The maximum atomic E-state index is 13.5. The van der Waals surface area contributed by atoms with Gasteiger partial charge >= 0.3 is 0 Å². The molecule has 0 saturated carbocycles. The predicted molar refractivity (Wildman–Crippen MR) is 103 cm³/mol. The van der Waals surface area contributed by atoms with Crippen molar-refractivity contribution >= 4 is 23.4 Å². The molecule has 5 nitrogen and oxygen atoms in total. The van der Waals surface area contributed by atoms with Gasteiger partial charge in [0, 0.05) is 26.6 Å². The SMILES string of the molecule is CN(CCCOc1ccccc1Cl)C(=O)CCNC(=O)c1ccccc1F. The largest absolute Gasteiger partial charge is 0.492 e. The highest BCUT2D eigenvalue weighted by Gasteiger charge is 2.12. The molecule has 0 aromatic heterocycles. The Labute approximate surface area is 163 Å². The number of hydrogen-bond donors (Lipinski definition) is 1. The van der Waals surface area contributed by atoms with E-state index in [2.05, 4.69) is 5.32 Å². The van der Waals surface area contributed by atoms with E-state index in [0.717, 1.165) is 0 Å². The quantitative estimate of drug-likeness (QED) is 0.664. The highest BCUT2D eigenvalue weighted by atomic mass is 35.5. The zero-order chi connectivity index (χ0) is 19.6. The first-order valence-corrected chi connectivity index (χ1v) is 9.01. The lowest BCUT2D eigenvalue weighted by atomic mass is 10.2. The maximum Gasteiger partial charge on any atom is 0.254 e. The van der Waals surface area contributed by atoms with Crippen molar-refractivity contribution in [3.63, 3.8) is 0 Å². The molecule has 0 atom stereocenters. The molecule has 2 aromatic carbocycles. The van der Waals surface area contributed by atoms with Crippen LogP contribution in [0.15, 0.2) is 48.5 Å². The number of amides is 2. The number of nitrogens with one attached hydrogen (secondary N) is 1. The summed E-state index contributed by atoms with van der Waals surface area (Å²) in [5, 5.41) is 3.10. The molecule has 1 N–H and O–H groups in total. The van der Waals surface area contributed by atoms with Gasteiger partial charge in [0.15, 0.2) is 0 Å². The lowest BCUT2D eigenvalue weighted by Gasteiger charge is -2.17. The Kier molecular flexibility index (Phi) is 8.07. The van der Waals surface area contributed by atoms with Crippen LogP contribution in [0, 0.1) is 5.82 Å². The third kappa shape index (κ3) is 6.57. The minimum Gasteiger partial charge on any atom is -0.492 e. The average molecular weight is 393 g/mol. The third-order valence-corrected chi connectivity index (χ3v) is 4.21. The van der Waals surface area contributed by atoms with Crippen LogP contribution in [0.3, 0.4) is 0 Å². The Morgan fingerprint density at radius 3 is 2.59 bits per heavy atom. The summed E-state index contributed by atoms with van der Waals surface area (Å²) in [5.74, 6) is -0.612. The van der Waals surface area contributed by atoms with Gasteiger partial charge in [0.05, 0.1) is 17.2 Å². The summed E-state index contributed by atoms with van der Waals surface area (Å²) < 4.78 is 19.1. The molecule has 2 rings (SSSR count). The van der Waals surface area contributed by atoms with E-state index in [0.29, 0.717) is 30.3 Å².